The van der Waals surface area contributed by atoms with Crippen molar-refractivity contribution in [2.75, 3.05) is 11.9 Å². The number of hydrogen-bond donors (Lipinski definition) is 1. The lowest BCUT2D eigenvalue weighted by atomic mass is 10.2. The summed E-state index contributed by atoms with van der Waals surface area (Å²) < 4.78 is 6.14. The first-order valence-electron chi connectivity index (χ1n) is 8.09. The number of amides is 1. The highest BCUT2D eigenvalue weighted by atomic mass is 35.5. The molecule has 0 bridgehead atoms. The van der Waals surface area contributed by atoms with Crippen molar-refractivity contribution in [1.29, 1.82) is 0 Å². The molecule has 0 fully saturated rings. The van der Waals surface area contributed by atoms with Gasteiger partial charge in [-0.1, -0.05) is 23.7 Å². The number of anilines is 1. The van der Waals surface area contributed by atoms with Crippen LogP contribution in [0.4, 0.5) is 5.69 Å². The van der Waals surface area contributed by atoms with Crippen LogP contribution in [0.25, 0.3) is 10.9 Å². The molecule has 0 radical (unpaired) electrons. The molecule has 3 rings (SSSR count). The molecule has 0 aliphatic heterocycles. The molecular formula is C19H16ClN3O4. The maximum atomic E-state index is 12.7. The van der Waals surface area contributed by atoms with Gasteiger partial charge in [0.05, 0.1) is 23.8 Å². The lowest BCUT2D eigenvalue weighted by molar-refractivity contribution is -0.144. The van der Waals surface area contributed by atoms with Crippen molar-refractivity contribution < 1.29 is 14.3 Å². The minimum atomic E-state index is -0.536. The second kappa shape index (κ2) is 8.01. The molecule has 8 heteroatoms. The Morgan fingerprint density at radius 3 is 2.63 bits per heavy atom. The van der Waals surface area contributed by atoms with Gasteiger partial charge in [-0.15, -0.1) is 0 Å². The standard InChI is InChI=1S/C19H16ClN3O4/c1-12(24)27-10-18(25)22-15-6-7-16-17(8-15)21-11-23(19(16)26)9-13-2-4-14(20)5-3-13/h2-8,11H,9-10H2,1H3,(H,22,25). The summed E-state index contributed by atoms with van der Waals surface area (Å²) in [4.78, 5) is 39.4. The molecule has 0 atom stereocenters. The number of esters is 1. The van der Waals surface area contributed by atoms with Gasteiger partial charge in [-0.3, -0.25) is 19.0 Å². The van der Waals surface area contributed by atoms with Gasteiger partial charge in [0.2, 0.25) is 0 Å². The van der Waals surface area contributed by atoms with Crippen molar-refractivity contribution in [2.45, 2.75) is 13.5 Å². The number of ether oxygens (including phenoxy) is 1. The highest BCUT2D eigenvalue weighted by Crippen LogP contribution is 2.15. The number of fused-ring (bicyclic) bond motifs is 1. The normalized spacial score (nSPS) is 10.6. The van der Waals surface area contributed by atoms with Crippen LogP contribution in [-0.4, -0.2) is 28.0 Å². The zero-order valence-electron chi connectivity index (χ0n) is 14.4. The van der Waals surface area contributed by atoms with E-state index in [0.717, 1.165) is 5.56 Å². The Labute approximate surface area is 159 Å². The number of nitrogens with one attached hydrogen (secondary N) is 1. The quantitative estimate of drug-likeness (QED) is 0.682. The Morgan fingerprint density at radius 2 is 1.93 bits per heavy atom. The fourth-order valence-corrected chi connectivity index (χ4v) is 2.63. The zero-order chi connectivity index (χ0) is 19.4. The van der Waals surface area contributed by atoms with Crippen molar-refractivity contribution in [3.8, 4) is 0 Å². The molecule has 27 heavy (non-hydrogen) atoms. The van der Waals surface area contributed by atoms with E-state index in [1.54, 1.807) is 30.3 Å². The minimum Gasteiger partial charge on any atom is -0.456 e. The lowest BCUT2D eigenvalue weighted by Crippen LogP contribution is -2.22. The summed E-state index contributed by atoms with van der Waals surface area (Å²) in [6.45, 7) is 1.23. The Bertz CT molecular complexity index is 1060. The SMILES string of the molecule is CC(=O)OCC(=O)Nc1ccc2c(=O)n(Cc3ccc(Cl)cc3)cnc2c1. The molecule has 2 aromatic carbocycles. The molecule has 0 saturated heterocycles. The summed E-state index contributed by atoms with van der Waals surface area (Å²) in [5.41, 5.74) is 1.66. The van der Waals surface area contributed by atoms with E-state index in [-0.39, 0.29) is 12.2 Å². The lowest BCUT2D eigenvalue weighted by Gasteiger charge is -2.09. The fraction of sp³-hybridized carbons (Fsp3) is 0.158. The van der Waals surface area contributed by atoms with Crippen LogP contribution in [-0.2, 0) is 20.9 Å². The number of carbonyl (C=O) groups excluding carboxylic acids is 2. The molecule has 1 N–H and O–H groups in total. The molecule has 0 spiro atoms. The predicted molar refractivity (Wildman–Crippen MR) is 102 cm³/mol. The Morgan fingerprint density at radius 1 is 1.19 bits per heavy atom. The molecule has 0 saturated carbocycles. The van der Waals surface area contributed by atoms with Crippen molar-refractivity contribution in [3.05, 3.63) is 69.7 Å². The number of aromatic nitrogens is 2. The molecular weight excluding hydrogens is 370 g/mol. The smallest absolute Gasteiger partial charge is 0.303 e. The molecule has 3 aromatic rings. The number of halogens is 1. The van der Waals surface area contributed by atoms with Crippen molar-refractivity contribution in [3.63, 3.8) is 0 Å². The van der Waals surface area contributed by atoms with Crippen LogP contribution in [0, 0.1) is 0 Å². The number of nitrogens with zero attached hydrogens (tertiary/aromatic N) is 2. The largest absolute Gasteiger partial charge is 0.456 e. The topological polar surface area (TPSA) is 90.3 Å². The van der Waals surface area contributed by atoms with Gasteiger partial charge in [0.1, 0.15) is 0 Å². The molecule has 138 valence electrons. The van der Waals surface area contributed by atoms with E-state index >= 15 is 0 Å². The van der Waals surface area contributed by atoms with E-state index < -0.39 is 11.9 Å². The van der Waals surface area contributed by atoms with E-state index in [0.29, 0.717) is 28.2 Å². The van der Waals surface area contributed by atoms with Crippen molar-refractivity contribution in [1.82, 2.24) is 9.55 Å². The summed E-state index contributed by atoms with van der Waals surface area (Å²) >= 11 is 5.87. The first kappa shape index (κ1) is 18.6. The monoisotopic (exact) mass is 385 g/mol. The summed E-state index contributed by atoms with van der Waals surface area (Å²) in [6.07, 6.45) is 1.46. The first-order chi connectivity index (χ1) is 12.9. The minimum absolute atomic E-state index is 0.187. The molecule has 1 heterocycles. The Balaban J connectivity index is 1.80. The summed E-state index contributed by atoms with van der Waals surface area (Å²) in [5, 5.41) is 3.66. The van der Waals surface area contributed by atoms with Gasteiger partial charge in [0.15, 0.2) is 6.61 Å². The zero-order valence-corrected chi connectivity index (χ0v) is 15.2. The summed E-state index contributed by atoms with van der Waals surface area (Å²) in [5.74, 6) is -1.01. The Kier molecular flexibility index (Phi) is 5.52. The number of carbonyl (C=O) groups is 2. The van der Waals surface area contributed by atoms with Crippen molar-refractivity contribution >= 4 is 40.1 Å². The highest BCUT2D eigenvalue weighted by Gasteiger charge is 2.09. The van der Waals surface area contributed by atoms with Crippen LogP contribution in [0.3, 0.4) is 0 Å². The Hall–Kier alpha value is -3.19. The van der Waals surface area contributed by atoms with Crippen LogP contribution in [0.2, 0.25) is 5.02 Å². The third-order valence-corrected chi connectivity index (χ3v) is 4.03. The number of benzene rings is 2. The molecule has 7 nitrogen and oxygen atoms in total. The van der Waals surface area contributed by atoms with Gasteiger partial charge < -0.3 is 10.1 Å². The maximum absolute atomic E-state index is 12.7. The molecule has 0 aliphatic rings. The van der Waals surface area contributed by atoms with E-state index in [4.69, 9.17) is 11.6 Å². The average molecular weight is 386 g/mol. The van der Waals surface area contributed by atoms with Crippen molar-refractivity contribution in [2.24, 2.45) is 0 Å². The fourth-order valence-electron chi connectivity index (χ4n) is 2.50. The molecule has 0 aliphatic carbocycles. The number of rotatable bonds is 5. The van der Waals surface area contributed by atoms with Crippen LogP contribution < -0.4 is 10.9 Å². The van der Waals surface area contributed by atoms with Crippen LogP contribution in [0.5, 0.6) is 0 Å². The van der Waals surface area contributed by atoms with E-state index in [1.165, 1.54) is 17.8 Å². The van der Waals surface area contributed by atoms with Gasteiger partial charge in [0, 0.05) is 17.6 Å². The van der Waals surface area contributed by atoms with E-state index in [2.05, 4.69) is 15.0 Å². The van der Waals surface area contributed by atoms with Gasteiger partial charge in [-0.05, 0) is 35.9 Å². The predicted octanol–water partition coefficient (Wildman–Crippen LogP) is 2.60. The van der Waals surface area contributed by atoms with Crippen LogP contribution in [0.1, 0.15) is 12.5 Å². The van der Waals surface area contributed by atoms with Gasteiger partial charge in [0.25, 0.3) is 11.5 Å². The average Bonchev–Trinajstić information content (AvgIpc) is 2.64. The summed E-state index contributed by atoms with van der Waals surface area (Å²) in [6, 6.07) is 12.0. The molecule has 1 amide bonds. The second-order valence-electron chi connectivity index (χ2n) is 5.86. The highest BCUT2D eigenvalue weighted by molar-refractivity contribution is 6.30. The van der Waals surface area contributed by atoms with Gasteiger partial charge in [-0.25, -0.2) is 4.98 Å². The summed E-state index contributed by atoms with van der Waals surface area (Å²) in [7, 11) is 0. The maximum Gasteiger partial charge on any atom is 0.303 e. The molecule has 1 aromatic heterocycles. The van der Waals surface area contributed by atoms with Crippen LogP contribution in [0.15, 0.2) is 53.6 Å². The third-order valence-electron chi connectivity index (χ3n) is 3.78. The van der Waals surface area contributed by atoms with E-state index in [1.807, 2.05) is 12.1 Å². The molecule has 0 unspecified atom stereocenters. The van der Waals surface area contributed by atoms with Crippen LogP contribution >= 0.6 is 11.6 Å². The van der Waals surface area contributed by atoms with Gasteiger partial charge in [-0.2, -0.15) is 0 Å². The third kappa shape index (κ3) is 4.71. The first-order valence-corrected chi connectivity index (χ1v) is 8.47. The number of hydrogen-bond acceptors (Lipinski definition) is 5. The van der Waals surface area contributed by atoms with E-state index in [9.17, 15) is 14.4 Å². The second-order valence-corrected chi connectivity index (χ2v) is 6.30. The van der Waals surface area contributed by atoms with Gasteiger partial charge >= 0.3 is 5.97 Å².